The van der Waals surface area contributed by atoms with Gasteiger partial charge in [0.15, 0.2) is 0 Å². The van der Waals surface area contributed by atoms with Crippen LogP contribution in [-0.4, -0.2) is 18.0 Å². The molecule has 0 radical (unpaired) electrons. The highest BCUT2D eigenvalue weighted by molar-refractivity contribution is 5.14. The van der Waals surface area contributed by atoms with Gasteiger partial charge in [0.25, 0.3) is 0 Å². The molecule has 2 rings (SSSR count). The molecule has 0 saturated carbocycles. The molecule has 0 amide bonds. The van der Waals surface area contributed by atoms with Crippen LogP contribution in [0, 0.1) is 17.2 Å². The number of hydrogen-bond donors (Lipinski definition) is 0. The van der Waals surface area contributed by atoms with Crippen molar-refractivity contribution in [2.45, 2.75) is 38.6 Å². The third-order valence-electron chi connectivity index (χ3n) is 3.77. The van der Waals surface area contributed by atoms with E-state index in [9.17, 15) is 0 Å². The molecule has 0 N–H and O–H groups in total. The highest BCUT2D eigenvalue weighted by Crippen LogP contribution is 2.21. The van der Waals surface area contributed by atoms with E-state index in [0.717, 1.165) is 25.4 Å². The van der Waals surface area contributed by atoms with E-state index in [1.165, 1.54) is 31.4 Å². The summed E-state index contributed by atoms with van der Waals surface area (Å²) in [6, 6.07) is 13.0. The third-order valence-corrected chi connectivity index (χ3v) is 3.77. The van der Waals surface area contributed by atoms with E-state index >= 15 is 0 Å². The minimum absolute atomic E-state index is 0.712. The summed E-state index contributed by atoms with van der Waals surface area (Å²) in [7, 11) is 0. The second-order valence-corrected chi connectivity index (χ2v) is 5.28. The van der Waals surface area contributed by atoms with E-state index in [-0.39, 0.29) is 0 Å². The highest BCUT2D eigenvalue weighted by atomic mass is 15.1. The van der Waals surface area contributed by atoms with Crippen LogP contribution >= 0.6 is 0 Å². The number of hydrogen-bond acceptors (Lipinski definition) is 2. The second-order valence-electron chi connectivity index (χ2n) is 5.28. The summed E-state index contributed by atoms with van der Waals surface area (Å²) in [6.45, 7) is 3.43. The third kappa shape index (κ3) is 4.16. The molecule has 0 aliphatic carbocycles. The molecule has 1 unspecified atom stereocenters. The van der Waals surface area contributed by atoms with Crippen molar-refractivity contribution in [3.05, 3.63) is 35.9 Å². The van der Waals surface area contributed by atoms with Gasteiger partial charge >= 0.3 is 0 Å². The minimum Gasteiger partial charge on any atom is -0.299 e. The molecular formula is C16H22N2. The van der Waals surface area contributed by atoms with Gasteiger partial charge in [-0.2, -0.15) is 5.26 Å². The standard InChI is InChI=1S/C16H22N2/c17-11-6-10-16-9-4-5-12-18(14-16)13-15-7-2-1-3-8-15/h1-3,7-8,16H,4-6,9-10,12-14H2. The smallest absolute Gasteiger partial charge is 0.0621 e. The lowest BCUT2D eigenvalue weighted by Crippen LogP contribution is -2.28. The van der Waals surface area contributed by atoms with Crippen LogP contribution < -0.4 is 0 Å². The maximum atomic E-state index is 8.70. The summed E-state index contributed by atoms with van der Waals surface area (Å²) < 4.78 is 0. The predicted molar refractivity (Wildman–Crippen MR) is 73.9 cm³/mol. The molecular weight excluding hydrogens is 220 g/mol. The Bertz CT molecular complexity index is 380. The fourth-order valence-electron chi connectivity index (χ4n) is 2.81. The van der Waals surface area contributed by atoms with Crippen molar-refractivity contribution in [1.82, 2.24) is 4.90 Å². The fourth-order valence-corrected chi connectivity index (χ4v) is 2.81. The Labute approximate surface area is 110 Å². The average Bonchev–Trinajstić information content (AvgIpc) is 2.63. The SMILES string of the molecule is N#CCCC1CCCCN(Cc2ccccc2)C1. The topological polar surface area (TPSA) is 27.0 Å². The Morgan fingerprint density at radius 3 is 2.83 bits per heavy atom. The van der Waals surface area contributed by atoms with Crippen LogP contribution in [0.2, 0.25) is 0 Å². The van der Waals surface area contributed by atoms with Crippen molar-refractivity contribution in [2.24, 2.45) is 5.92 Å². The van der Waals surface area contributed by atoms with Crippen LogP contribution in [-0.2, 0) is 6.54 Å². The van der Waals surface area contributed by atoms with Gasteiger partial charge in [-0.3, -0.25) is 4.90 Å². The number of benzene rings is 1. The zero-order chi connectivity index (χ0) is 12.6. The molecule has 1 aromatic rings. The molecule has 0 bridgehead atoms. The molecule has 1 aliphatic rings. The maximum Gasteiger partial charge on any atom is 0.0621 e. The summed E-state index contributed by atoms with van der Waals surface area (Å²) >= 11 is 0. The van der Waals surface area contributed by atoms with Gasteiger partial charge in [0.05, 0.1) is 6.07 Å². The number of nitriles is 1. The lowest BCUT2D eigenvalue weighted by Gasteiger charge is -2.23. The first-order chi connectivity index (χ1) is 8.88. The molecule has 1 fully saturated rings. The zero-order valence-corrected chi connectivity index (χ0v) is 11.0. The van der Waals surface area contributed by atoms with Crippen molar-refractivity contribution >= 4 is 0 Å². The van der Waals surface area contributed by atoms with Crippen molar-refractivity contribution < 1.29 is 0 Å². The summed E-state index contributed by atoms with van der Waals surface area (Å²) in [5, 5.41) is 8.70. The van der Waals surface area contributed by atoms with Gasteiger partial charge in [0.1, 0.15) is 0 Å². The van der Waals surface area contributed by atoms with Gasteiger partial charge in [-0.1, -0.05) is 36.8 Å². The van der Waals surface area contributed by atoms with Crippen LogP contribution in [0.3, 0.4) is 0 Å². The van der Waals surface area contributed by atoms with E-state index in [2.05, 4.69) is 41.3 Å². The Morgan fingerprint density at radius 1 is 1.22 bits per heavy atom. The first kappa shape index (κ1) is 13.1. The molecule has 2 heteroatoms. The molecule has 96 valence electrons. The Kier molecular flexibility index (Phi) is 5.23. The Morgan fingerprint density at radius 2 is 2.06 bits per heavy atom. The second kappa shape index (κ2) is 7.18. The summed E-state index contributed by atoms with van der Waals surface area (Å²) in [6.07, 6.45) is 5.70. The fraction of sp³-hybridized carbons (Fsp3) is 0.562. The molecule has 1 saturated heterocycles. The average molecular weight is 242 g/mol. The van der Waals surface area contributed by atoms with Crippen molar-refractivity contribution in [3.8, 4) is 6.07 Å². The van der Waals surface area contributed by atoms with Crippen molar-refractivity contribution in [2.75, 3.05) is 13.1 Å². The van der Waals surface area contributed by atoms with E-state index in [1.54, 1.807) is 0 Å². The van der Waals surface area contributed by atoms with Crippen LogP contribution in [0.5, 0.6) is 0 Å². The first-order valence-corrected chi connectivity index (χ1v) is 7.01. The normalized spacial score (nSPS) is 21.2. The quantitative estimate of drug-likeness (QED) is 0.806. The molecule has 1 aliphatic heterocycles. The van der Waals surface area contributed by atoms with Crippen LogP contribution in [0.1, 0.15) is 37.7 Å². The van der Waals surface area contributed by atoms with Crippen LogP contribution in [0.25, 0.3) is 0 Å². The molecule has 1 aromatic carbocycles. The molecule has 0 spiro atoms. The summed E-state index contributed by atoms with van der Waals surface area (Å²) in [4.78, 5) is 2.56. The highest BCUT2D eigenvalue weighted by Gasteiger charge is 2.17. The van der Waals surface area contributed by atoms with Gasteiger partial charge in [0.2, 0.25) is 0 Å². The number of nitrogens with zero attached hydrogens (tertiary/aromatic N) is 2. The molecule has 18 heavy (non-hydrogen) atoms. The van der Waals surface area contributed by atoms with E-state index < -0.39 is 0 Å². The Hall–Kier alpha value is -1.33. The summed E-state index contributed by atoms with van der Waals surface area (Å²) in [5.41, 5.74) is 1.40. The van der Waals surface area contributed by atoms with Crippen LogP contribution in [0.4, 0.5) is 0 Å². The monoisotopic (exact) mass is 242 g/mol. The zero-order valence-electron chi connectivity index (χ0n) is 11.0. The maximum absolute atomic E-state index is 8.70. The number of rotatable bonds is 4. The Balaban J connectivity index is 1.89. The van der Waals surface area contributed by atoms with Gasteiger partial charge in [-0.25, -0.2) is 0 Å². The largest absolute Gasteiger partial charge is 0.299 e. The number of likely N-dealkylation sites (tertiary alicyclic amines) is 1. The molecule has 0 aromatic heterocycles. The molecule has 1 atom stereocenters. The van der Waals surface area contributed by atoms with Gasteiger partial charge in [0, 0.05) is 19.5 Å². The van der Waals surface area contributed by atoms with Gasteiger partial charge in [-0.15, -0.1) is 0 Å². The van der Waals surface area contributed by atoms with E-state index in [4.69, 9.17) is 5.26 Å². The first-order valence-electron chi connectivity index (χ1n) is 7.01. The van der Waals surface area contributed by atoms with E-state index in [0.29, 0.717) is 6.42 Å². The van der Waals surface area contributed by atoms with Gasteiger partial charge in [-0.05, 0) is 37.3 Å². The minimum atomic E-state index is 0.712. The van der Waals surface area contributed by atoms with Crippen LogP contribution in [0.15, 0.2) is 30.3 Å². The predicted octanol–water partition coefficient (Wildman–Crippen LogP) is 3.59. The molecule has 2 nitrogen and oxygen atoms in total. The van der Waals surface area contributed by atoms with Crippen molar-refractivity contribution in [1.29, 1.82) is 5.26 Å². The van der Waals surface area contributed by atoms with Crippen molar-refractivity contribution in [3.63, 3.8) is 0 Å². The molecule has 1 heterocycles. The lowest BCUT2D eigenvalue weighted by atomic mass is 9.98. The summed E-state index contributed by atoms with van der Waals surface area (Å²) in [5.74, 6) is 0.718. The van der Waals surface area contributed by atoms with E-state index in [1.807, 2.05) is 0 Å². The van der Waals surface area contributed by atoms with Gasteiger partial charge < -0.3 is 0 Å². The lowest BCUT2D eigenvalue weighted by molar-refractivity contribution is 0.236.